The predicted octanol–water partition coefficient (Wildman–Crippen LogP) is 5.86. The van der Waals surface area contributed by atoms with Crippen molar-refractivity contribution >= 4 is 33.8 Å². The Morgan fingerprint density at radius 2 is 1.60 bits per heavy atom. The van der Waals surface area contributed by atoms with E-state index in [0.29, 0.717) is 16.1 Å². The highest BCUT2D eigenvalue weighted by atomic mass is 32.1. The number of aryl methyl sites for hydroxylation is 1. The van der Waals surface area contributed by atoms with Crippen LogP contribution >= 0.6 is 11.3 Å². The first-order valence-electron chi connectivity index (χ1n) is 10.2. The average Bonchev–Trinajstić information content (AvgIpc) is 3.27. The maximum atomic E-state index is 12.9. The summed E-state index contributed by atoms with van der Waals surface area (Å²) in [5.41, 5.74) is 2.87. The fraction of sp³-hybridized carbons (Fsp3) is 0.0833. The van der Waals surface area contributed by atoms with Crippen LogP contribution in [0.5, 0.6) is 5.75 Å². The number of nitrogens with one attached hydrogen (secondary N) is 1. The molecule has 0 bridgehead atoms. The lowest BCUT2D eigenvalue weighted by Crippen LogP contribution is -2.12. The molecular weight excluding hydrogens is 472 g/mol. The number of ether oxygens (including phenoxy) is 1. The lowest BCUT2D eigenvalue weighted by atomic mass is 10.1. The topological polar surface area (TPSA) is 138 Å². The summed E-state index contributed by atoms with van der Waals surface area (Å²) in [6.07, 6.45) is 0. The summed E-state index contributed by atoms with van der Waals surface area (Å²) in [5.74, 6) is -0.530. The van der Waals surface area contributed by atoms with Crippen molar-refractivity contribution in [3.8, 4) is 27.4 Å². The minimum atomic E-state index is -0.624. The molecule has 3 aromatic carbocycles. The number of methoxy groups -OCH3 is 1. The standard InChI is InChI=1S/C24H18N4O6S/c1-14-3-5-15(6-4-14)21-22(16-7-10-18(11-8-16)27(30)31)35-24(25-21)26-23(29)17-9-12-20(34-2)19(13-17)28(32)33/h3-13H,1-2H3,(H,25,26,29). The Morgan fingerprint density at radius 1 is 0.943 bits per heavy atom. The lowest BCUT2D eigenvalue weighted by Gasteiger charge is -2.05. The van der Waals surface area contributed by atoms with Gasteiger partial charge in [-0.1, -0.05) is 41.2 Å². The van der Waals surface area contributed by atoms with Crippen molar-refractivity contribution in [2.24, 2.45) is 0 Å². The second-order valence-corrected chi connectivity index (χ2v) is 8.46. The predicted molar refractivity (Wildman–Crippen MR) is 132 cm³/mol. The number of non-ortho nitro benzene ring substituents is 1. The van der Waals surface area contributed by atoms with Crippen LogP contribution in [0.3, 0.4) is 0 Å². The third-order valence-corrected chi connectivity index (χ3v) is 6.17. The Balaban J connectivity index is 1.72. The number of benzene rings is 3. The van der Waals surface area contributed by atoms with Crippen molar-refractivity contribution in [1.29, 1.82) is 0 Å². The van der Waals surface area contributed by atoms with Crippen LogP contribution in [0.4, 0.5) is 16.5 Å². The minimum absolute atomic E-state index is 0.0372. The highest BCUT2D eigenvalue weighted by molar-refractivity contribution is 7.19. The van der Waals surface area contributed by atoms with Gasteiger partial charge in [0.05, 0.1) is 27.5 Å². The molecule has 0 spiro atoms. The van der Waals surface area contributed by atoms with E-state index in [1.165, 1.54) is 42.7 Å². The van der Waals surface area contributed by atoms with Gasteiger partial charge in [-0.05, 0) is 36.8 Å². The molecule has 1 heterocycles. The number of hydrogen-bond donors (Lipinski definition) is 1. The molecule has 0 radical (unpaired) electrons. The molecule has 0 unspecified atom stereocenters. The molecule has 0 atom stereocenters. The number of carbonyl (C=O) groups excluding carboxylic acids is 1. The molecule has 11 heteroatoms. The molecule has 1 N–H and O–H groups in total. The van der Waals surface area contributed by atoms with Crippen molar-refractivity contribution in [3.05, 3.63) is 98.1 Å². The molecule has 4 aromatic rings. The zero-order valence-electron chi connectivity index (χ0n) is 18.6. The van der Waals surface area contributed by atoms with Gasteiger partial charge in [0.25, 0.3) is 11.6 Å². The highest BCUT2D eigenvalue weighted by Crippen LogP contribution is 2.40. The molecule has 0 aliphatic carbocycles. The summed E-state index contributed by atoms with van der Waals surface area (Å²) >= 11 is 1.20. The maximum Gasteiger partial charge on any atom is 0.311 e. The van der Waals surface area contributed by atoms with Crippen LogP contribution in [-0.2, 0) is 0 Å². The number of thiazole rings is 1. The molecular formula is C24H18N4O6S. The van der Waals surface area contributed by atoms with Gasteiger partial charge in [-0.15, -0.1) is 0 Å². The van der Waals surface area contributed by atoms with E-state index in [0.717, 1.165) is 17.2 Å². The van der Waals surface area contributed by atoms with E-state index in [2.05, 4.69) is 10.3 Å². The summed E-state index contributed by atoms with van der Waals surface area (Å²) in [4.78, 5) is 39.4. The molecule has 0 aliphatic heterocycles. The molecule has 35 heavy (non-hydrogen) atoms. The monoisotopic (exact) mass is 490 g/mol. The first-order valence-corrected chi connectivity index (χ1v) is 11.0. The SMILES string of the molecule is COc1ccc(C(=O)Nc2nc(-c3ccc(C)cc3)c(-c3ccc([N+](=O)[O-])cc3)s2)cc1[N+](=O)[O-]. The summed E-state index contributed by atoms with van der Waals surface area (Å²) < 4.78 is 4.98. The van der Waals surface area contributed by atoms with Crippen LogP contribution in [0.15, 0.2) is 66.7 Å². The number of anilines is 1. The van der Waals surface area contributed by atoms with Crippen LogP contribution in [0, 0.1) is 27.2 Å². The molecule has 0 saturated heterocycles. The summed E-state index contributed by atoms with van der Waals surface area (Å²) in [5, 5.41) is 25.3. The van der Waals surface area contributed by atoms with E-state index in [1.54, 1.807) is 12.1 Å². The number of amides is 1. The molecule has 10 nitrogen and oxygen atoms in total. The van der Waals surface area contributed by atoms with Gasteiger partial charge in [0, 0.05) is 29.3 Å². The van der Waals surface area contributed by atoms with Gasteiger partial charge in [0.15, 0.2) is 10.9 Å². The summed E-state index contributed by atoms with van der Waals surface area (Å²) in [6, 6.07) is 17.7. The number of nitro groups is 2. The maximum absolute atomic E-state index is 12.9. The smallest absolute Gasteiger partial charge is 0.311 e. The van der Waals surface area contributed by atoms with E-state index in [1.807, 2.05) is 31.2 Å². The van der Waals surface area contributed by atoms with Gasteiger partial charge in [-0.25, -0.2) is 4.98 Å². The van der Waals surface area contributed by atoms with Crippen molar-refractivity contribution in [2.45, 2.75) is 6.92 Å². The molecule has 0 aliphatic rings. The fourth-order valence-electron chi connectivity index (χ4n) is 3.35. The number of nitrogens with zero attached hydrogens (tertiary/aromatic N) is 3. The Bertz CT molecular complexity index is 1430. The van der Waals surface area contributed by atoms with E-state index in [4.69, 9.17) is 4.74 Å². The summed E-state index contributed by atoms with van der Waals surface area (Å²) in [7, 11) is 1.31. The molecule has 0 saturated carbocycles. The van der Waals surface area contributed by atoms with Gasteiger partial charge < -0.3 is 4.74 Å². The molecule has 1 aromatic heterocycles. The highest BCUT2D eigenvalue weighted by Gasteiger charge is 2.21. The first kappa shape index (κ1) is 23.5. The third-order valence-electron chi connectivity index (χ3n) is 5.15. The van der Waals surface area contributed by atoms with Crippen LogP contribution in [0.1, 0.15) is 15.9 Å². The van der Waals surface area contributed by atoms with Crippen molar-refractivity contribution < 1.29 is 19.4 Å². The van der Waals surface area contributed by atoms with Crippen molar-refractivity contribution in [2.75, 3.05) is 12.4 Å². The van der Waals surface area contributed by atoms with E-state index in [-0.39, 0.29) is 27.8 Å². The Kier molecular flexibility index (Phi) is 6.51. The number of rotatable bonds is 7. The minimum Gasteiger partial charge on any atom is -0.490 e. The van der Waals surface area contributed by atoms with Gasteiger partial charge in [-0.2, -0.15) is 0 Å². The van der Waals surface area contributed by atoms with Gasteiger partial charge >= 0.3 is 5.69 Å². The molecule has 1 amide bonds. The number of nitro benzene ring substituents is 2. The van der Waals surface area contributed by atoms with E-state index in [9.17, 15) is 25.0 Å². The third kappa shape index (κ3) is 4.99. The average molecular weight is 490 g/mol. The largest absolute Gasteiger partial charge is 0.490 e. The summed E-state index contributed by atoms with van der Waals surface area (Å²) in [6.45, 7) is 1.96. The fourth-order valence-corrected chi connectivity index (χ4v) is 4.34. The van der Waals surface area contributed by atoms with Crippen LogP contribution in [0.2, 0.25) is 0 Å². The molecule has 0 fully saturated rings. The van der Waals surface area contributed by atoms with Crippen molar-refractivity contribution in [3.63, 3.8) is 0 Å². The Hall–Kier alpha value is -4.64. The normalized spacial score (nSPS) is 10.6. The number of carbonyl (C=O) groups is 1. The molecule has 4 rings (SSSR count). The van der Waals surface area contributed by atoms with Crippen LogP contribution in [0.25, 0.3) is 21.7 Å². The quantitative estimate of drug-likeness (QED) is 0.253. The van der Waals surface area contributed by atoms with Gasteiger partial charge in [0.2, 0.25) is 0 Å². The number of hydrogen-bond acceptors (Lipinski definition) is 8. The second kappa shape index (κ2) is 9.69. The lowest BCUT2D eigenvalue weighted by molar-refractivity contribution is -0.385. The van der Waals surface area contributed by atoms with Crippen LogP contribution in [-0.4, -0.2) is 27.8 Å². The van der Waals surface area contributed by atoms with Crippen LogP contribution < -0.4 is 10.1 Å². The second-order valence-electron chi connectivity index (χ2n) is 7.46. The zero-order chi connectivity index (χ0) is 25.1. The Morgan fingerprint density at radius 3 is 2.20 bits per heavy atom. The molecule has 176 valence electrons. The number of aromatic nitrogens is 1. The van der Waals surface area contributed by atoms with E-state index < -0.39 is 15.8 Å². The van der Waals surface area contributed by atoms with Gasteiger partial charge in [0.1, 0.15) is 0 Å². The Labute approximate surface area is 203 Å². The van der Waals surface area contributed by atoms with E-state index >= 15 is 0 Å². The zero-order valence-corrected chi connectivity index (χ0v) is 19.4. The van der Waals surface area contributed by atoms with Crippen molar-refractivity contribution in [1.82, 2.24) is 4.98 Å². The van der Waals surface area contributed by atoms with Gasteiger partial charge in [-0.3, -0.25) is 30.3 Å². The first-order chi connectivity index (χ1) is 16.8.